The summed E-state index contributed by atoms with van der Waals surface area (Å²) in [5.41, 5.74) is 3.31. The molecule has 0 bridgehead atoms. The SMILES string of the molecule is CC(=O)Nc1ccc(CN2CC[C@@H](c3sccc3C)[C@H](O)C2)cc1. The average Bonchev–Trinajstić information content (AvgIpc) is 2.95. The number of hydrogen-bond donors (Lipinski definition) is 2. The van der Waals surface area contributed by atoms with E-state index in [0.29, 0.717) is 6.54 Å². The molecule has 2 atom stereocenters. The maximum absolute atomic E-state index is 11.1. The van der Waals surface area contributed by atoms with Crippen molar-refractivity contribution in [2.75, 3.05) is 18.4 Å². The Morgan fingerprint density at radius 1 is 1.33 bits per heavy atom. The molecule has 0 saturated carbocycles. The third-order valence-corrected chi connectivity index (χ3v) is 5.74. The number of aliphatic hydroxyl groups excluding tert-OH is 1. The van der Waals surface area contributed by atoms with E-state index in [1.807, 2.05) is 24.3 Å². The van der Waals surface area contributed by atoms with Crippen LogP contribution in [0.3, 0.4) is 0 Å². The van der Waals surface area contributed by atoms with Crippen molar-refractivity contribution < 1.29 is 9.90 Å². The third-order valence-electron chi connectivity index (χ3n) is 4.59. The number of nitrogens with zero attached hydrogens (tertiary/aromatic N) is 1. The minimum absolute atomic E-state index is 0.0585. The first kappa shape index (κ1) is 17.1. The van der Waals surface area contributed by atoms with Crippen LogP contribution in [-0.4, -0.2) is 35.1 Å². The fraction of sp³-hybridized carbons (Fsp3) is 0.421. The fourth-order valence-corrected chi connectivity index (χ4v) is 4.49. The first-order chi connectivity index (χ1) is 11.5. The Kier molecular flexibility index (Phi) is 5.33. The minimum Gasteiger partial charge on any atom is -0.391 e. The molecule has 4 nitrogen and oxygen atoms in total. The van der Waals surface area contributed by atoms with Crippen molar-refractivity contribution in [2.24, 2.45) is 0 Å². The number of aryl methyl sites for hydroxylation is 1. The fourth-order valence-electron chi connectivity index (χ4n) is 3.37. The number of likely N-dealkylation sites (tertiary alicyclic amines) is 1. The van der Waals surface area contributed by atoms with Crippen LogP contribution in [0.25, 0.3) is 0 Å². The summed E-state index contributed by atoms with van der Waals surface area (Å²) in [7, 11) is 0. The van der Waals surface area contributed by atoms with Gasteiger partial charge in [-0.15, -0.1) is 11.3 Å². The number of hydrogen-bond acceptors (Lipinski definition) is 4. The molecule has 128 valence electrons. The van der Waals surface area contributed by atoms with Crippen LogP contribution in [0.1, 0.15) is 35.3 Å². The number of piperidine rings is 1. The number of carbonyl (C=O) groups is 1. The molecule has 1 aliphatic rings. The molecule has 0 radical (unpaired) electrons. The summed E-state index contributed by atoms with van der Waals surface area (Å²) in [4.78, 5) is 14.7. The standard InChI is InChI=1S/C19H24N2O2S/c1-13-8-10-24-19(13)17-7-9-21(12-18(17)23)11-15-3-5-16(6-4-15)20-14(2)22/h3-6,8,10,17-18,23H,7,9,11-12H2,1-2H3,(H,20,22)/t17-,18-/m1/s1. The van der Waals surface area contributed by atoms with Gasteiger partial charge in [0.2, 0.25) is 5.91 Å². The summed E-state index contributed by atoms with van der Waals surface area (Å²) in [6, 6.07) is 10.1. The van der Waals surface area contributed by atoms with Gasteiger partial charge in [0.1, 0.15) is 0 Å². The Balaban J connectivity index is 1.58. The smallest absolute Gasteiger partial charge is 0.221 e. The topological polar surface area (TPSA) is 52.6 Å². The largest absolute Gasteiger partial charge is 0.391 e. The number of carbonyl (C=O) groups excluding carboxylic acids is 1. The van der Waals surface area contributed by atoms with E-state index in [1.54, 1.807) is 11.3 Å². The summed E-state index contributed by atoms with van der Waals surface area (Å²) in [6.45, 7) is 6.16. The van der Waals surface area contributed by atoms with Gasteiger partial charge in [0.25, 0.3) is 0 Å². The molecule has 3 rings (SSSR count). The normalized spacial score (nSPS) is 21.6. The van der Waals surface area contributed by atoms with Crippen LogP contribution in [0.2, 0.25) is 0 Å². The van der Waals surface area contributed by atoms with Gasteiger partial charge in [-0.2, -0.15) is 0 Å². The number of amides is 1. The van der Waals surface area contributed by atoms with Gasteiger partial charge in [-0.3, -0.25) is 9.69 Å². The van der Waals surface area contributed by atoms with Crippen LogP contribution in [0, 0.1) is 6.92 Å². The van der Waals surface area contributed by atoms with Gasteiger partial charge in [0, 0.05) is 36.5 Å². The monoisotopic (exact) mass is 344 g/mol. The van der Waals surface area contributed by atoms with Crippen molar-refractivity contribution in [2.45, 2.75) is 38.8 Å². The summed E-state index contributed by atoms with van der Waals surface area (Å²) in [6.07, 6.45) is 0.682. The van der Waals surface area contributed by atoms with Gasteiger partial charge in [0.15, 0.2) is 0 Å². The molecule has 2 aromatic rings. The van der Waals surface area contributed by atoms with Gasteiger partial charge < -0.3 is 10.4 Å². The lowest BCUT2D eigenvalue weighted by Gasteiger charge is -2.36. The highest BCUT2D eigenvalue weighted by molar-refractivity contribution is 7.10. The van der Waals surface area contributed by atoms with Crippen molar-refractivity contribution in [3.8, 4) is 0 Å². The van der Waals surface area contributed by atoms with Crippen LogP contribution < -0.4 is 5.32 Å². The Labute approximate surface area is 147 Å². The summed E-state index contributed by atoms with van der Waals surface area (Å²) >= 11 is 1.76. The number of aliphatic hydroxyl groups is 1. The minimum atomic E-state index is -0.310. The Bertz CT molecular complexity index is 696. The molecule has 1 amide bonds. The van der Waals surface area contributed by atoms with Gasteiger partial charge >= 0.3 is 0 Å². The zero-order valence-corrected chi connectivity index (χ0v) is 15.0. The zero-order chi connectivity index (χ0) is 17.1. The molecule has 24 heavy (non-hydrogen) atoms. The summed E-state index contributed by atoms with van der Waals surface area (Å²) in [5.74, 6) is 0.209. The molecule has 0 aliphatic carbocycles. The Morgan fingerprint density at radius 3 is 2.67 bits per heavy atom. The molecule has 1 aromatic carbocycles. The Morgan fingerprint density at radius 2 is 2.08 bits per heavy atom. The second-order valence-corrected chi connectivity index (χ2v) is 7.49. The van der Waals surface area contributed by atoms with Crippen molar-refractivity contribution in [3.63, 3.8) is 0 Å². The number of rotatable bonds is 4. The van der Waals surface area contributed by atoms with E-state index in [1.165, 1.54) is 22.9 Å². The quantitative estimate of drug-likeness (QED) is 0.894. The third kappa shape index (κ3) is 4.04. The highest BCUT2D eigenvalue weighted by Crippen LogP contribution is 2.34. The highest BCUT2D eigenvalue weighted by atomic mass is 32.1. The number of anilines is 1. The van der Waals surface area contributed by atoms with Crippen LogP contribution in [-0.2, 0) is 11.3 Å². The van der Waals surface area contributed by atoms with E-state index in [0.717, 1.165) is 25.2 Å². The van der Waals surface area contributed by atoms with Gasteiger partial charge in [0.05, 0.1) is 6.10 Å². The summed E-state index contributed by atoms with van der Waals surface area (Å²) < 4.78 is 0. The maximum atomic E-state index is 11.1. The number of thiophene rings is 1. The molecule has 2 heterocycles. The highest BCUT2D eigenvalue weighted by Gasteiger charge is 2.30. The molecule has 2 N–H and O–H groups in total. The lowest BCUT2D eigenvalue weighted by atomic mass is 9.90. The molecule has 0 spiro atoms. The average molecular weight is 344 g/mol. The molecular formula is C19H24N2O2S. The number of nitrogens with one attached hydrogen (secondary N) is 1. The number of β-amino-alcohol motifs (C(OH)–C–C–N with tert-alkyl or cyclic N) is 1. The molecule has 5 heteroatoms. The van der Waals surface area contributed by atoms with Crippen molar-refractivity contribution in [3.05, 3.63) is 51.7 Å². The number of benzene rings is 1. The lowest BCUT2D eigenvalue weighted by molar-refractivity contribution is -0.114. The van der Waals surface area contributed by atoms with E-state index in [4.69, 9.17) is 0 Å². The first-order valence-corrected chi connectivity index (χ1v) is 9.22. The Hall–Kier alpha value is -1.69. The molecule has 0 unspecified atom stereocenters. The maximum Gasteiger partial charge on any atom is 0.221 e. The predicted molar refractivity (Wildman–Crippen MR) is 98.4 cm³/mol. The van der Waals surface area contributed by atoms with Crippen LogP contribution >= 0.6 is 11.3 Å². The predicted octanol–water partition coefficient (Wildman–Crippen LogP) is 3.37. The van der Waals surface area contributed by atoms with Crippen LogP contribution in [0.15, 0.2) is 35.7 Å². The van der Waals surface area contributed by atoms with Crippen LogP contribution in [0.4, 0.5) is 5.69 Å². The second-order valence-electron chi connectivity index (χ2n) is 6.54. The second kappa shape index (κ2) is 7.47. The molecule has 1 aromatic heterocycles. The van der Waals surface area contributed by atoms with E-state index in [-0.39, 0.29) is 17.9 Å². The van der Waals surface area contributed by atoms with Gasteiger partial charge in [-0.05, 0) is 54.6 Å². The van der Waals surface area contributed by atoms with Crippen LogP contribution in [0.5, 0.6) is 0 Å². The van der Waals surface area contributed by atoms with Gasteiger partial charge in [-0.25, -0.2) is 0 Å². The lowest BCUT2D eigenvalue weighted by Crippen LogP contribution is -2.42. The van der Waals surface area contributed by atoms with E-state index >= 15 is 0 Å². The van der Waals surface area contributed by atoms with E-state index in [9.17, 15) is 9.90 Å². The van der Waals surface area contributed by atoms with Crippen molar-refractivity contribution in [1.82, 2.24) is 4.90 Å². The summed E-state index contributed by atoms with van der Waals surface area (Å²) in [5, 5.41) is 15.5. The van der Waals surface area contributed by atoms with E-state index < -0.39 is 0 Å². The molecule has 1 fully saturated rings. The molecular weight excluding hydrogens is 320 g/mol. The van der Waals surface area contributed by atoms with Crippen molar-refractivity contribution in [1.29, 1.82) is 0 Å². The van der Waals surface area contributed by atoms with Crippen molar-refractivity contribution >= 4 is 22.9 Å². The molecule has 1 aliphatic heterocycles. The molecule has 1 saturated heterocycles. The zero-order valence-electron chi connectivity index (χ0n) is 14.2. The first-order valence-electron chi connectivity index (χ1n) is 8.34. The van der Waals surface area contributed by atoms with Gasteiger partial charge in [-0.1, -0.05) is 12.1 Å². The van der Waals surface area contributed by atoms with E-state index in [2.05, 4.69) is 28.6 Å².